The lowest BCUT2D eigenvalue weighted by Crippen LogP contribution is -2.14. The summed E-state index contributed by atoms with van der Waals surface area (Å²) in [6.45, 7) is 1.98. The molecule has 0 unspecified atom stereocenters. The highest BCUT2D eigenvalue weighted by Crippen LogP contribution is 2.11. The van der Waals surface area contributed by atoms with E-state index in [-0.39, 0.29) is 0 Å². The van der Waals surface area contributed by atoms with Gasteiger partial charge in [-0.1, -0.05) is 6.42 Å². The molecule has 0 spiro atoms. The standard InChI is InChI=1S/C12H19N3S2/c1-16-7-4-2-3-5-13-9-11-10-15-6-8-17-12(15)14-11/h6,8,10,13H,2-5,7,9H2,1H3. The lowest BCUT2D eigenvalue weighted by molar-refractivity contribution is 0.614. The van der Waals surface area contributed by atoms with Crippen LogP contribution in [0.1, 0.15) is 25.0 Å². The van der Waals surface area contributed by atoms with E-state index < -0.39 is 0 Å². The Balaban J connectivity index is 1.60. The van der Waals surface area contributed by atoms with E-state index in [1.165, 1.54) is 25.0 Å². The quantitative estimate of drug-likeness (QED) is 0.747. The summed E-state index contributed by atoms with van der Waals surface area (Å²) in [7, 11) is 0. The third-order valence-corrected chi connectivity index (χ3v) is 4.12. The molecule has 0 radical (unpaired) electrons. The highest BCUT2D eigenvalue weighted by atomic mass is 32.2. The van der Waals surface area contributed by atoms with Gasteiger partial charge in [0.25, 0.3) is 0 Å². The van der Waals surface area contributed by atoms with Gasteiger partial charge < -0.3 is 5.32 Å². The predicted molar refractivity (Wildman–Crippen MR) is 77.0 cm³/mol. The molecule has 0 aliphatic heterocycles. The van der Waals surface area contributed by atoms with Crippen molar-refractivity contribution in [3.8, 4) is 0 Å². The summed E-state index contributed by atoms with van der Waals surface area (Å²) in [5, 5.41) is 5.51. The first kappa shape index (κ1) is 12.9. The zero-order valence-corrected chi connectivity index (χ0v) is 11.8. The number of thiazole rings is 1. The molecular weight excluding hydrogens is 250 g/mol. The van der Waals surface area contributed by atoms with Crippen molar-refractivity contribution >= 4 is 28.1 Å². The van der Waals surface area contributed by atoms with Crippen molar-refractivity contribution < 1.29 is 0 Å². The zero-order chi connectivity index (χ0) is 11.9. The molecule has 0 aromatic carbocycles. The minimum atomic E-state index is 0.886. The molecule has 0 amide bonds. The van der Waals surface area contributed by atoms with E-state index in [2.05, 4.69) is 38.7 Å². The molecule has 0 aliphatic rings. The zero-order valence-electron chi connectivity index (χ0n) is 10.2. The van der Waals surface area contributed by atoms with Gasteiger partial charge in [0.05, 0.1) is 5.69 Å². The highest BCUT2D eigenvalue weighted by Gasteiger charge is 2.01. The second-order valence-electron chi connectivity index (χ2n) is 4.06. The molecule has 2 aromatic rings. The minimum Gasteiger partial charge on any atom is -0.311 e. The number of nitrogens with one attached hydrogen (secondary N) is 1. The summed E-state index contributed by atoms with van der Waals surface area (Å²) >= 11 is 3.62. The molecule has 0 saturated carbocycles. The molecule has 3 nitrogen and oxygen atoms in total. The first-order valence-corrected chi connectivity index (χ1v) is 8.28. The van der Waals surface area contributed by atoms with Crippen molar-refractivity contribution in [2.24, 2.45) is 0 Å². The maximum atomic E-state index is 4.54. The Morgan fingerprint density at radius 3 is 3.18 bits per heavy atom. The Morgan fingerprint density at radius 1 is 1.41 bits per heavy atom. The Hall–Kier alpha value is -0.520. The normalized spacial score (nSPS) is 11.4. The highest BCUT2D eigenvalue weighted by molar-refractivity contribution is 7.98. The average Bonchev–Trinajstić information content (AvgIpc) is 2.88. The van der Waals surface area contributed by atoms with Gasteiger partial charge in [-0.3, -0.25) is 4.40 Å². The average molecular weight is 269 g/mol. The van der Waals surface area contributed by atoms with Crippen LogP contribution in [0, 0.1) is 0 Å². The fraction of sp³-hybridized carbons (Fsp3) is 0.583. The van der Waals surface area contributed by atoms with Gasteiger partial charge in [0.1, 0.15) is 0 Å². The van der Waals surface area contributed by atoms with Gasteiger partial charge in [-0.15, -0.1) is 11.3 Å². The van der Waals surface area contributed by atoms with E-state index >= 15 is 0 Å². The first-order valence-electron chi connectivity index (χ1n) is 6.01. The van der Waals surface area contributed by atoms with Crippen molar-refractivity contribution in [2.75, 3.05) is 18.6 Å². The molecule has 94 valence electrons. The maximum Gasteiger partial charge on any atom is 0.193 e. The van der Waals surface area contributed by atoms with Crippen molar-refractivity contribution in [1.29, 1.82) is 0 Å². The first-order chi connectivity index (χ1) is 8.40. The van der Waals surface area contributed by atoms with Crippen LogP contribution in [0.15, 0.2) is 17.8 Å². The van der Waals surface area contributed by atoms with Crippen molar-refractivity contribution in [3.05, 3.63) is 23.5 Å². The van der Waals surface area contributed by atoms with Crippen molar-refractivity contribution in [1.82, 2.24) is 14.7 Å². The van der Waals surface area contributed by atoms with Crippen molar-refractivity contribution in [2.45, 2.75) is 25.8 Å². The smallest absolute Gasteiger partial charge is 0.193 e. The van der Waals surface area contributed by atoms with Crippen LogP contribution >= 0.6 is 23.1 Å². The van der Waals surface area contributed by atoms with E-state index in [4.69, 9.17) is 0 Å². The number of nitrogens with zero attached hydrogens (tertiary/aromatic N) is 2. The summed E-state index contributed by atoms with van der Waals surface area (Å²) in [5.74, 6) is 1.29. The van der Waals surface area contributed by atoms with Gasteiger partial charge in [0.2, 0.25) is 0 Å². The number of rotatable bonds is 8. The number of imidazole rings is 1. The summed E-state index contributed by atoms with van der Waals surface area (Å²) < 4.78 is 2.08. The Labute approximate surface area is 111 Å². The van der Waals surface area contributed by atoms with Gasteiger partial charge in [-0.05, 0) is 31.4 Å². The van der Waals surface area contributed by atoms with Crippen LogP contribution in [-0.2, 0) is 6.54 Å². The van der Waals surface area contributed by atoms with Gasteiger partial charge in [-0.2, -0.15) is 11.8 Å². The van der Waals surface area contributed by atoms with Gasteiger partial charge in [0.15, 0.2) is 4.96 Å². The van der Waals surface area contributed by atoms with E-state index in [0.717, 1.165) is 23.7 Å². The van der Waals surface area contributed by atoms with Crippen LogP contribution < -0.4 is 5.32 Å². The molecule has 2 heterocycles. The van der Waals surface area contributed by atoms with E-state index in [1.807, 2.05) is 11.8 Å². The fourth-order valence-corrected chi connectivity index (χ4v) is 2.96. The topological polar surface area (TPSA) is 29.3 Å². The van der Waals surface area contributed by atoms with Crippen LogP contribution in [-0.4, -0.2) is 27.9 Å². The molecule has 2 rings (SSSR count). The molecule has 0 saturated heterocycles. The van der Waals surface area contributed by atoms with Gasteiger partial charge in [0, 0.05) is 24.3 Å². The molecule has 2 aromatic heterocycles. The third-order valence-electron chi connectivity index (χ3n) is 2.65. The monoisotopic (exact) mass is 269 g/mol. The molecule has 17 heavy (non-hydrogen) atoms. The van der Waals surface area contributed by atoms with Crippen molar-refractivity contribution in [3.63, 3.8) is 0 Å². The number of thioether (sulfide) groups is 1. The Kier molecular flexibility index (Phi) is 5.35. The largest absolute Gasteiger partial charge is 0.311 e. The molecule has 0 atom stereocenters. The fourth-order valence-electron chi connectivity index (χ4n) is 1.75. The molecule has 0 aliphatic carbocycles. The third kappa shape index (κ3) is 4.01. The Bertz CT molecular complexity index is 407. The van der Waals surface area contributed by atoms with Crippen LogP contribution in [0.4, 0.5) is 0 Å². The van der Waals surface area contributed by atoms with E-state index in [0.29, 0.717) is 0 Å². The molecule has 5 heteroatoms. The lowest BCUT2D eigenvalue weighted by atomic mass is 10.2. The minimum absolute atomic E-state index is 0.886. The number of unbranched alkanes of at least 4 members (excludes halogenated alkanes) is 2. The molecule has 0 bridgehead atoms. The second-order valence-corrected chi connectivity index (χ2v) is 5.91. The van der Waals surface area contributed by atoms with Crippen LogP contribution in [0.25, 0.3) is 4.96 Å². The number of aromatic nitrogens is 2. The summed E-state index contributed by atoms with van der Waals surface area (Å²) in [6.07, 6.45) is 10.3. The number of fused-ring (bicyclic) bond motifs is 1. The second kappa shape index (κ2) is 7.03. The lowest BCUT2D eigenvalue weighted by Gasteiger charge is -2.02. The summed E-state index contributed by atoms with van der Waals surface area (Å²) in [6, 6.07) is 0. The van der Waals surface area contributed by atoms with Crippen LogP contribution in [0.3, 0.4) is 0 Å². The van der Waals surface area contributed by atoms with E-state index in [9.17, 15) is 0 Å². The van der Waals surface area contributed by atoms with Crippen LogP contribution in [0.2, 0.25) is 0 Å². The number of hydrogen-bond donors (Lipinski definition) is 1. The van der Waals surface area contributed by atoms with E-state index in [1.54, 1.807) is 11.3 Å². The summed E-state index contributed by atoms with van der Waals surface area (Å²) in [5.41, 5.74) is 1.14. The maximum absolute atomic E-state index is 4.54. The SMILES string of the molecule is CSCCCCCNCc1cn2ccsc2n1. The number of hydrogen-bond acceptors (Lipinski definition) is 4. The predicted octanol–water partition coefficient (Wildman–Crippen LogP) is 3.02. The summed E-state index contributed by atoms with van der Waals surface area (Å²) in [4.78, 5) is 5.62. The Morgan fingerprint density at radius 2 is 2.35 bits per heavy atom. The van der Waals surface area contributed by atoms with Crippen LogP contribution in [0.5, 0.6) is 0 Å². The molecule has 1 N–H and O–H groups in total. The molecular formula is C12H19N3S2. The molecule has 0 fully saturated rings. The van der Waals surface area contributed by atoms with Gasteiger partial charge >= 0.3 is 0 Å². The van der Waals surface area contributed by atoms with Gasteiger partial charge in [-0.25, -0.2) is 4.98 Å².